The zero-order valence-corrected chi connectivity index (χ0v) is 13.6. The Bertz CT molecular complexity index is 579. The highest BCUT2D eigenvalue weighted by Crippen LogP contribution is 2.38. The molecule has 1 N–H and O–H groups in total. The van der Waals surface area contributed by atoms with Crippen LogP contribution in [0, 0.1) is 11.8 Å². The summed E-state index contributed by atoms with van der Waals surface area (Å²) in [7, 11) is 0. The number of benzene rings is 1. The summed E-state index contributed by atoms with van der Waals surface area (Å²) in [6.45, 7) is 3.95. The molecule has 2 atom stereocenters. The maximum absolute atomic E-state index is 12.0. The monoisotopic (exact) mass is 317 g/mol. The fourth-order valence-corrected chi connectivity index (χ4v) is 2.39. The number of nitrogens with one attached hydrogen (secondary N) is 1. The number of rotatable bonds is 8. The van der Waals surface area contributed by atoms with E-state index in [1.807, 2.05) is 19.1 Å². The molecule has 1 aromatic rings. The molecular weight excluding hydrogens is 294 g/mol. The average Bonchev–Trinajstić information content (AvgIpc) is 3.26. The van der Waals surface area contributed by atoms with Gasteiger partial charge in [-0.1, -0.05) is 31.2 Å². The molecule has 2 unspecified atom stereocenters. The number of ketones is 1. The molecule has 1 aliphatic rings. The molecule has 1 fully saturated rings. The molecule has 1 aliphatic carbocycles. The van der Waals surface area contributed by atoms with E-state index < -0.39 is 0 Å². The van der Waals surface area contributed by atoms with Crippen molar-refractivity contribution in [2.24, 2.45) is 11.8 Å². The van der Waals surface area contributed by atoms with Crippen molar-refractivity contribution in [3.8, 4) is 0 Å². The molecule has 1 saturated carbocycles. The molecule has 1 aromatic carbocycles. The van der Waals surface area contributed by atoms with Crippen LogP contribution in [0.15, 0.2) is 24.3 Å². The minimum Gasteiger partial charge on any atom is -0.457 e. The fraction of sp³-hybridized carbons (Fsp3) is 0.500. The first-order valence-corrected chi connectivity index (χ1v) is 8.00. The molecule has 0 aromatic heterocycles. The zero-order valence-electron chi connectivity index (χ0n) is 13.6. The van der Waals surface area contributed by atoms with E-state index in [0.29, 0.717) is 18.0 Å². The van der Waals surface area contributed by atoms with E-state index in [2.05, 4.69) is 5.32 Å². The minimum atomic E-state index is -0.263. The highest BCUT2D eigenvalue weighted by atomic mass is 16.5. The molecule has 1 amide bonds. The topological polar surface area (TPSA) is 72.5 Å². The van der Waals surface area contributed by atoms with Crippen LogP contribution in [0.1, 0.15) is 42.6 Å². The quantitative estimate of drug-likeness (QED) is 0.453. The van der Waals surface area contributed by atoms with E-state index in [-0.39, 0.29) is 30.2 Å². The maximum atomic E-state index is 12.0. The van der Waals surface area contributed by atoms with E-state index in [1.165, 1.54) is 6.92 Å². The van der Waals surface area contributed by atoms with Gasteiger partial charge in [0.15, 0.2) is 12.4 Å². The fourth-order valence-electron chi connectivity index (χ4n) is 2.39. The summed E-state index contributed by atoms with van der Waals surface area (Å²) >= 11 is 0. The lowest BCUT2D eigenvalue weighted by Gasteiger charge is -2.06. The van der Waals surface area contributed by atoms with Gasteiger partial charge < -0.3 is 10.1 Å². The Morgan fingerprint density at radius 1 is 1.22 bits per heavy atom. The summed E-state index contributed by atoms with van der Waals surface area (Å²) in [5.41, 5.74) is 1.66. The molecule has 0 spiro atoms. The van der Waals surface area contributed by atoms with Crippen molar-refractivity contribution in [1.82, 2.24) is 5.32 Å². The first kappa shape index (κ1) is 17.2. The molecule has 124 valence electrons. The second-order valence-corrected chi connectivity index (χ2v) is 6.13. The number of carbonyl (C=O) groups is 3. The molecule has 0 aliphatic heterocycles. The number of aryl methyl sites for hydroxylation is 1. The Balaban J connectivity index is 1.73. The molecule has 0 saturated heterocycles. The van der Waals surface area contributed by atoms with Crippen molar-refractivity contribution in [1.29, 1.82) is 0 Å². The summed E-state index contributed by atoms with van der Waals surface area (Å²) in [5.74, 6) is -0.110. The van der Waals surface area contributed by atoms with Crippen molar-refractivity contribution >= 4 is 17.7 Å². The second kappa shape index (κ2) is 7.90. The average molecular weight is 317 g/mol. The van der Waals surface area contributed by atoms with Crippen molar-refractivity contribution in [3.63, 3.8) is 0 Å². The largest absolute Gasteiger partial charge is 0.457 e. The van der Waals surface area contributed by atoms with Crippen LogP contribution in [-0.2, 0) is 20.7 Å². The Morgan fingerprint density at radius 3 is 2.43 bits per heavy atom. The molecule has 0 radical (unpaired) electrons. The number of Topliss-reactive ketones (excluding diaryl/α,β-unsaturated/α-hetero) is 1. The van der Waals surface area contributed by atoms with Gasteiger partial charge in [-0.15, -0.1) is 0 Å². The summed E-state index contributed by atoms with van der Waals surface area (Å²) in [6, 6.07) is 7.30. The first-order chi connectivity index (χ1) is 11.0. The van der Waals surface area contributed by atoms with Crippen LogP contribution in [0.4, 0.5) is 0 Å². The Morgan fingerprint density at radius 2 is 1.87 bits per heavy atom. The van der Waals surface area contributed by atoms with E-state index >= 15 is 0 Å². The first-order valence-electron chi connectivity index (χ1n) is 8.00. The van der Waals surface area contributed by atoms with E-state index in [4.69, 9.17) is 4.74 Å². The lowest BCUT2D eigenvalue weighted by Crippen LogP contribution is -2.21. The number of hydrogen-bond donors (Lipinski definition) is 1. The summed E-state index contributed by atoms with van der Waals surface area (Å²) < 4.78 is 5.06. The third kappa shape index (κ3) is 5.51. The van der Waals surface area contributed by atoms with Crippen LogP contribution in [-0.4, -0.2) is 30.8 Å². The SMILES string of the molecule is CC(=O)NCCCc1ccc(C(=O)COC(=O)C2CC2C)cc1. The normalized spacial score (nSPS) is 19.0. The molecule has 23 heavy (non-hydrogen) atoms. The summed E-state index contributed by atoms with van der Waals surface area (Å²) in [6.07, 6.45) is 2.55. The third-order valence-corrected chi connectivity index (χ3v) is 4.05. The molecule has 2 rings (SSSR count). The van der Waals surface area contributed by atoms with Crippen molar-refractivity contribution < 1.29 is 19.1 Å². The van der Waals surface area contributed by atoms with Gasteiger partial charge in [0, 0.05) is 19.0 Å². The maximum Gasteiger partial charge on any atom is 0.309 e. The molecular formula is C18H23NO4. The van der Waals surface area contributed by atoms with Crippen LogP contribution in [0.25, 0.3) is 0 Å². The number of carbonyl (C=O) groups excluding carboxylic acids is 3. The van der Waals surface area contributed by atoms with Gasteiger partial charge in [0.1, 0.15) is 0 Å². The molecule has 0 bridgehead atoms. The van der Waals surface area contributed by atoms with Gasteiger partial charge >= 0.3 is 5.97 Å². The standard InChI is InChI=1S/C18H23NO4/c1-12-10-16(12)18(22)23-11-17(21)15-7-5-14(6-8-15)4-3-9-19-13(2)20/h5-8,12,16H,3-4,9-11H2,1-2H3,(H,19,20). The van der Waals surface area contributed by atoms with Gasteiger partial charge in [-0.05, 0) is 30.7 Å². The van der Waals surface area contributed by atoms with Crippen LogP contribution in [0.5, 0.6) is 0 Å². The Hall–Kier alpha value is -2.17. The molecule has 5 nitrogen and oxygen atoms in total. The lowest BCUT2D eigenvalue weighted by molar-refractivity contribution is -0.144. The zero-order chi connectivity index (χ0) is 16.8. The smallest absolute Gasteiger partial charge is 0.309 e. The number of hydrogen-bond acceptors (Lipinski definition) is 4. The third-order valence-electron chi connectivity index (χ3n) is 4.05. The van der Waals surface area contributed by atoms with Crippen molar-refractivity contribution in [2.75, 3.05) is 13.2 Å². The predicted molar refractivity (Wildman–Crippen MR) is 86.0 cm³/mol. The molecule has 0 heterocycles. The Labute approximate surface area is 136 Å². The van der Waals surface area contributed by atoms with Crippen molar-refractivity contribution in [2.45, 2.75) is 33.1 Å². The predicted octanol–water partition coefficient (Wildman–Crippen LogP) is 2.14. The van der Waals surface area contributed by atoms with E-state index in [0.717, 1.165) is 24.8 Å². The minimum absolute atomic E-state index is 0.0196. The highest BCUT2D eigenvalue weighted by molar-refractivity contribution is 5.98. The van der Waals surface area contributed by atoms with Gasteiger partial charge in [0.05, 0.1) is 5.92 Å². The Kier molecular flexibility index (Phi) is 5.90. The van der Waals surface area contributed by atoms with Gasteiger partial charge in [-0.25, -0.2) is 0 Å². The number of esters is 1. The second-order valence-electron chi connectivity index (χ2n) is 6.13. The van der Waals surface area contributed by atoms with Crippen molar-refractivity contribution in [3.05, 3.63) is 35.4 Å². The van der Waals surface area contributed by atoms with Crippen LogP contribution in [0.2, 0.25) is 0 Å². The van der Waals surface area contributed by atoms with Crippen LogP contribution in [0.3, 0.4) is 0 Å². The van der Waals surface area contributed by atoms with Gasteiger partial charge in [-0.3, -0.25) is 14.4 Å². The summed E-state index contributed by atoms with van der Waals surface area (Å²) in [5, 5.41) is 2.75. The van der Waals surface area contributed by atoms with Gasteiger partial charge in [-0.2, -0.15) is 0 Å². The summed E-state index contributed by atoms with van der Waals surface area (Å²) in [4.78, 5) is 34.4. The molecule has 5 heteroatoms. The number of ether oxygens (including phenoxy) is 1. The van der Waals surface area contributed by atoms with E-state index in [1.54, 1.807) is 12.1 Å². The van der Waals surface area contributed by atoms with Crippen LogP contribution < -0.4 is 5.32 Å². The number of amides is 1. The van der Waals surface area contributed by atoms with Gasteiger partial charge in [0.2, 0.25) is 5.91 Å². The highest BCUT2D eigenvalue weighted by Gasteiger charge is 2.40. The van der Waals surface area contributed by atoms with E-state index in [9.17, 15) is 14.4 Å². The lowest BCUT2D eigenvalue weighted by atomic mass is 10.1. The van der Waals surface area contributed by atoms with Crippen LogP contribution >= 0.6 is 0 Å². The van der Waals surface area contributed by atoms with Gasteiger partial charge in [0.25, 0.3) is 0 Å².